The van der Waals surface area contributed by atoms with Crippen molar-refractivity contribution in [3.63, 3.8) is 0 Å². The largest absolute Gasteiger partial charge is 0.395 e. The molecule has 4 rings (SSSR count). The van der Waals surface area contributed by atoms with E-state index in [2.05, 4.69) is 15.4 Å². The van der Waals surface area contributed by atoms with Gasteiger partial charge in [-0.3, -0.25) is 4.79 Å². The number of anilines is 1. The molecule has 1 aliphatic rings. The molecule has 6 nitrogen and oxygen atoms in total. The molecule has 0 aliphatic heterocycles. The van der Waals surface area contributed by atoms with Gasteiger partial charge >= 0.3 is 6.18 Å². The van der Waals surface area contributed by atoms with Crippen LogP contribution in [0, 0.1) is 5.92 Å². The summed E-state index contributed by atoms with van der Waals surface area (Å²) in [4.78, 5) is 13.0. The van der Waals surface area contributed by atoms with E-state index in [4.69, 9.17) is 11.6 Å². The number of nitrogens with one attached hydrogen (secondary N) is 3. The molecular weight excluding hydrogens is 571 g/mol. The lowest BCUT2D eigenvalue weighted by Gasteiger charge is -2.19. The third-order valence-electron chi connectivity index (χ3n) is 5.92. The van der Waals surface area contributed by atoms with Crippen molar-refractivity contribution < 1.29 is 26.4 Å². The van der Waals surface area contributed by atoms with Crippen LogP contribution in [-0.4, -0.2) is 27.0 Å². The van der Waals surface area contributed by atoms with Crippen molar-refractivity contribution in [3.8, 4) is 0 Å². The van der Waals surface area contributed by atoms with E-state index in [1.165, 1.54) is 18.2 Å². The molecule has 3 aromatic rings. The number of halogens is 4. The Hall–Kier alpha value is -3.12. The molecular formula is C27H25ClF3N3O3S2. The first kappa shape index (κ1) is 28.9. The monoisotopic (exact) mass is 595 g/mol. The Morgan fingerprint density at radius 3 is 2.49 bits per heavy atom. The van der Waals surface area contributed by atoms with E-state index in [-0.39, 0.29) is 29.6 Å². The second-order valence-electron chi connectivity index (χ2n) is 8.81. The molecule has 206 valence electrons. The fourth-order valence-electron chi connectivity index (χ4n) is 3.75. The first-order valence-corrected chi connectivity index (χ1v) is 14.6. The molecule has 0 fully saturated rings. The molecule has 0 saturated carbocycles. The van der Waals surface area contributed by atoms with Crippen LogP contribution in [0.25, 0.3) is 0 Å². The predicted molar refractivity (Wildman–Crippen MR) is 147 cm³/mol. The Morgan fingerprint density at radius 1 is 1.03 bits per heavy atom. The fourth-order valence-corrected chi connectivity index (χ4v) is 6.24. The van der Waals surface area contributed by atoms with Crippen LogP contribution in [-0.2, 0) is 23.1 Å². The van der Waals surface area contributed by atoms with Crippen molar-refractivity contribution in [2.45, 2.75) is 29.9 Å². The van der Waals surface area contributed by atoms with Crippen molar-refractivity contribution in [2.24, 2.45) is 5.92 Å². The van der Waals surface area contributed by atoms with E-state index >= 15 is 0 Å². The lowest BCUT2D eigenvalue weighted by atomic mass is 9.96. The Balaban J connectivity index is 1.27. The van der Waals surface area contributed by atoms with Crippen LogP contribution in [0.5, 0.6) is 0 Å². The second kappa shape index (κ2) is 12.4. The molecule has 3 N–H and O–H groups in total. The molecule has 1 aromatic heterocycles. The Labute approximate surface area is 233 Å². The zero-order valence-electron chi connectivity index (χ0n) is 20.5. The number of hydrogen-bond acceptors (Lipinski definition) is 5. The molecule has 1 heterocycles. The average Bonchev–Trinajstić information content (AvgIpc) is 3.40. The van der Waals surface area contributed by atoms with Gasteiger partial charge in [0.1, 0.15) is 4.21 Å². The molecule has 39 heavy (non-hydrogen) atoms. The number of sulfonamides is 1. The topological polar surface area (TPSA) is 87.3 Å². The maximum Gasteiger partial charge on any atom is 0.395 e. The highest BCUT2D eigenvalue weighted by Crippen LogP contribution is 2.33. The SMILES string of the molecule is O=C(NCc1ccc(S(=O)(=O)NCc2cccc(NCC3=CCC(C(F)(F)F)C=C3)c2)s1)c1ccc(Cl)cc1. The van der Waals surface area contributed by atoms with Crippen molar-refractivity contribution in [1.29, 1.82) is 0 Å². The van der Waals surface area contributed by atoms with Crippen LogP contribution >= 0.6 is 22.9 Å². The fraction of sp³-hybridized carbons (Fsp3) is 0.222. The summed E-state index contributed by atoms with van der Waals surface area (Å²) >= 11 is 6.90. The minimum atomic E-state index is -4.24. The number of rotatable bonds is 10. The number of carbonyl (C=O) groups is 1. The van der Waals surface area contributed by atoms with Crippen molar-refractivity contribution in [3.05, 3.63) is 105 Å². The highest BCUT2D eigenvalue weighted by molar-refractivity contribution is 7.91. The first-order valence-electron chi connectivity index (χ1n) is 11.9. The summed E-state index contributed by atoms with van der Waals surface area (Å²) in [5.41, 5.74) is 2.62. The second-order valence-corrected chi connectivity index (χ2v) is 12.4. The molecule has 0 radical (unpaired) electrons. The number of amides is 1. The smallest absolute Gasteiger partial charge is 0.381 e. The van der Waals surface area contributed by atoms with Crippen LogP contribution in [0.2, 0.25) is 5.02 Å². The van der Waals surface area contributed by atoms with Crippen LogP contribution in [0.1, 0.15) is 27.2 Å². The lowest BCUT2D eigenvalue weighted by molar-refractivity contribution is -0.160. The molecule has 2 aromatic carbocycles. The van der Waals surface area contributed by atoms with Gasteiger partial charge in [-0.15, -0.1) is 11.3 Å². The van der Waals surface area contributed by atoms with Crippen LogP contribution in [0.15, 0.2) is 88.7 Å². The maximum atomic E-state index is 12.8. The predicted octanol–water partition coefficient (Wildman–Crippen LogP) is 6.29. The van der Waals surface area contributed by atoms with E-state index in [1.807, 2.05) is 0 Å². The van der Waals surface area contributed by atoms with E-state index in [0.29, 0.717) is 33.3 Å². The van der Waals surface area contributed by atoms with Gasteiger partial charge in [0, 0.05) is 34.2 Å². The van der Waals surface area contributed by atoms with Gasteiger partial charge in [-0.1, -0.05) is 42.0 Å². The number of thiophene rings is 1. The summed E-state index contributed by atoms with van der Waals surface area (Å²) in [7, 11) is -3.78. The summed E-state index contributed by atoms with van der Waals surface area (Å²) in [6.07, 6.45) is -0.109. The Bertz CT molecular complexity index is 1480. The summed E-state index contributed by atoms with van der Waals surface area (Å²) in [6, 6.07) is 16.7. The third-order valence-corrected chi connectivity index (χ3v) is 9.15. The quantitative estimate of drug-likeness (QED) is 0.257. The number of alkyl halides is 3. The molecule has 0 bridgehead atoms. The molecule has 1 aliphatic carbocycles. The zero-order chi connectivity index (χ0) is 28.0. The number of allylic oxidation sites excluding steroid dienone is 2. The van der Waals surface area contributed by atoms with Gasteiger partial charge < -0.3 is 10.6 Å². The minimum Gasteiger partial charge on any atom is -0.381 e. The minimum absolute atomic E-state index is 0.0499. The van der Waals surface area contributed by atoms with Crippen molar-refractivity contribution in [1.82, 2.24) is 10.0 Å². The molecule has 0 saturated heterocycles. The molecule has 1 amide bonds. The van der Waals surface area contributed by atoms with Gasteiger partial charge in [0.05, 0.1) is 12.5 Å². The third kappa shape index (κ3) is 8.18. The van der Waals surface area contributed by atoms with Gasteiger partial charge in [0.25, 0.3) is 5.91 Å². The van der Waals surface area contributed by atoms with Gasteiger partial charge in [0.15, 0.2) is 0 Å². The average molecular weight is 596 g/mol. The summed E-state index contributed by atoms with van der Waals surface area (Å²) in [6.45, 7) is 0.578. The van der Waals surface area contributed by atoms with E-state index < -0.39 is 22.1 Å². The molecule has 1 unspecified atom stereocenters. The summed E-state index contributed by atoms with van der Waals surface area (Å²) < 4.78 is 66.7. The number of hydrogen-bond donors (Lipinski definition) is 3. The Kier molecular flexibility index (Phi) is 9.16. The Morgan fingerprint density at radius 2 is 1.79 bits per heavy atom. The summed E-state index contributed by atoms with van der Waals surface area (Å²) in [5, 5.41) is 6.44. The lowest BCUT2D eigenvalue weighted by Crippen LogP contribution is -2.23. The molecule has 1 atom stereocenters. The highest BCUT2D eigenvalue weighted by atomic mass is 35.5. The molecule has 12 heteroatoms. The van der Waals surface area contributed by atoms with Gasteiger partial charge in [-0.05, 0) is 66.1 Å². The van der Waals surface area contributed by atoms with Crippen LogP contribution in [0.4, 0.5) is 18.9 Å². The highest BCUT2D eigenvalue weighted by Gasteiger charge is 2.37. The van der Waals surface area contributed by atoms with E-state index in [9.17, 15) is 26.4 Å². The molecule has 0 spiro atoms. The number of benzene rings is 2. The zero-order valence-corrected chi connectivity index (χ0v) is 22.9. The van der Waals surface area contributed by atoms with E-state index in [0.717, 1.165) is 16.9 Å². The normalized spacial score (nSPS) is 15.6. The first-order chi connectivity index (χ1) is 18.5. The van der Waals surface area contributed by atoms with Crippen molar-refractivity contribution >= 4 is 44.6 Å². The van der Waals surface area contributed by atoms with Gasteiger partial charge in [-0.2, -0.15) is 13.2 Å². The number of carbonyl (C=O) groups excluding carboxylic acids is 1. The van der Waals surface area contributed by atoms with Crippen LogP contribution < -0.4 is 15.4 Å². The summed E-state index contributed by atoms with van der Waals surface area (Å²) in [5.74, 6) is -1.75. The van der Waals surface area contributed by atoms with Gasteiger partial charge in [-0.25, -0.2) is 13.1 Å². The standard InChI is InChI=1S/C27H25ClF3N3O3S2/c28-22-10-6-20(7-11-22)26(35)33-17-24-12-13-25(38-24)39(36,37)34-16-19-2-1-3-23(14-19)32-15-18-4-8-21(9-5-18)27(29,30)31/h1-8,10-14,21,32,34H,9,15-17H2,(H,33,35). The van der Waals surface area contributed by atoms with Crippen molar-refractivity contribution in [2.75, 3.05) is 11.9 Å². The van der Waals surface area contributed by atoms with Gasteiger partial charge in [0.2, 0.25) is 10.0 Å². The van der Waals surface area contributed by atoms with E-state index in [1.54, 1.807) is 60.7 Å². The van der Waals surface area contributed by atoms with Crippen LogP contribution in [0.3, 0.4) is 0 Å². The maximum absolute atomic E-state index is 12.8.